The normalized spacial score (nSPS) is 34.4. The molecule has 2 atom stereocenters. The molecule has 2 N–H and O–H groups in total. The van der Waals surface area contributed by atoms with Gasteiger partial charge in [-0.2, -0.15) is 0 Å². The maximum absolute atomic E-state index is 10.9. The van der Waals surface area contributed by atoms with Crippen molar-refractivity contribution < 1.29 is 4.79 Å². The minimum Gasteiger partial charge on any atom is -0.322 e. The van der Waals surface area contributed by atoms with E-state index in [2.05, 4.69) is 6.92 Å². The van der Waals surface area contributed by atoms with Gasteiger partial charge in [-0.15, -0.1) is 0 Å². The van der Waals surface area contributed by atoms with E-state index in [4.69, 9.17) is 5.73 Å². The van der Waals surface area contributed by atoms with Crippen molar-refractivity contribution in [3.8, 4) is 0 Å². The lowest BCUT2D eigenvalue weighted by Crippen LogP contribution is -2.36. The number of hydrogen-bond donors (Lipinski definition) is 1. The number of ketones is 1. The van der Waals surface area contributed by atoms with E-state index < -0.39 is 0 Å². The van der Waals surface area contributed by atoms with Crippen molar-refractivity contribution in [2.75, 3.05) is 0 Å². The van der Waals surface area contributed by atoms with E-state index >= 15 is 0 Å². The van der Waals surface area contributed by atoms with E-state index in [0.29, 0.717) is 12.3 Å². The minimum absolute atomic E-state index is 0.154. The van der Waals surface area contributed by atoms with Crippen molar-refractivity contribution in [2.45, 2.75) is 38.6 Å². The van der Waals surface area contributed by atoms with Crippen LogP contribution in [0.5, 0.6) is 0 Å². The molecule has 2 heteroatoms. The zero-order chi connectivity index (χ0) is 7.56. The number of carbonyl (C=O) groups excluding carboxylic acids is 1. The summed E-state index contributed by atoms with van der Waals surface area (Å²) in [5.74, 6) is 0.956. The Hall–Kier alpha value is -0.370. The maximum atomic E-state index is 10.9. The molecule has 0 aliphatic heterocycles. The Morgan fingerprint density at radius 3 is 2.90 bits per heavy atom. The molecule has 0 spiro atoms. The van der Waals surface area contributed by atoms with Gasteiger partial charge in [-0.1, -0.05) is 13.3 Å². The van der Waals surface area contributed by atoms with Crippen LogP contribution in [0.1, 0.15) is 32.6 Å². The molecule has 0 saturated heterocycles. The Bertz CT molecular complexity index is 133. The molecule has 0 aromatic rings. The fourth-order valence-electron chi connectivity index (χ4n) is 1.51. The predicted molar refractivity (Wildman–Crippen MR) is 40.6 cm³/mol. The lowest BCUT2D eigenvalue weighted by Gasteiger charge is -2.24. The third-order valence-electron chi connectivity index (χ3n) is 2.38. The zero-order valence-corrected chi connectivity index (χ0v) is 6.47. The van der Waals surface area contributed by atoms with Crippen molar-refractivity contribution >= 4 is 5.78 Å². The second-order valence-corrected chi connectivity index (χ2v) is 3.12. The molecule has 0 aromatic carbocycles. The molecule has 0 bridgehead atoms. The van der Waals surface area contributed by atoms with E-state index in [9.17, 15) is 4.79 Å². The smallest absolute Gasteiger partial charge is 0.149 e. The zero-order valence-electron chi connectivity index (χ0n) is 6.47. The average Bonchev–Trinajstić information content (AvgIpc) is 1.95. The summed E-state index contributed by atoms with van der Waals surface area (Å²) >= 11 is 0. The van der Waals surface area contributed by atoms with Crippen LogP contribution in [0.3, 0.4) is 0 Å². The summed E-state index contributed by atoms with van der Waals surface area (Å²) in [6.45, 7) is 2.16. The fraction of sp³-hybridized carbons (Fsp3) is 0.875. The average molecular weight is 141 g/mol. The van der Waals surface area contributed by atoms with Crippen LogP contribution in [0.4, 0.5) is 0 Å². The maximum Gasteiger partial charge on any atom is 0.149 e. The first-order valence-electron chi connectivity index (χ1n) is 4.02. The van der Waals surface area contributed by atoms with Gasteiger partial charge < -0.3 is 5.73 Å². The summed E-state index contributed by atoms with van der Waals surface area (Å²) < 4.78 is 0. The molecule has 2 nitrogen and oxygen atoms in total. The van der Waals surface area contributed by atoms with Gasteiger partial charge in [0, 0.05) is 6.42 Å². The first-order valence-corrected chi connectivity index (χ1v) is 4.02. The molecule has 1 saturated carbocycles. The lowest BCUT2D eigenvalue weighted by atomic mass is 9.84. The first-order chi connectivity index (χ1) is 4.74. The highest BCUT2D eigenvalue weighted by Crippen LogP contribution is 2.22. The highest BCUT2D eigenvalue weighted by Gasteiger charge is 2.24. The van der Waals surface area contributed by atoms with Crippen molar-refractivity contribution in [1.82, 2.24) is 0 Å². The number of Topliss-reactive ketones (excluding diaryl/α,β-unsaturated/α-hetero) is 1. The Morgan fingerprint density at radius 2 is 2.40 bits per heavy atom. The highest BCUT2D eigenvalue weighted by molar-refractivity contribution is 5.84. The third kappa shape index (κ3) is 1.57. The van der Waals surface area contributed by atoms with Crippen LogP contribution in [0, 0.1) is 5.92 Å². The van der Waals surface area contributed by atoms with Crippen LogP contribution in [0.2, 0.25) is 0 Å². The van der Waals surface area contributed by atoms with Crippen LogP contribution < -0.4 is 5.73 Å². The molecule has 0 amide bonds. The lowest BCUT2D eigenvalue weighted by molar-refractivity contribution is -0.122. The molecule has 0 radical (unpaired) electrons. The monoisotopic (exact) mass is 141 g/mol. The van der Waals surface area contributed by atoms with Gasteiger partial charge in [0.25, 0.3) is 0 Å². The SMILES string of the molecule is CC[C@@H]1CCC(=O)[C@@H](N)C1. The van der Waals surface area contributed by atoms with Gasteiger partial charge in [0.1, 0.15) is 5.78 Å². The van der Waals surface area contributed by atoms with Gasteiger partial charge in [-0.25, -0.2) is 0 Å². The van der Waals surface area contributed by atoms with Crippen molar-refractivity contribution in [3.05, 3.63) is 0 Å². The molecule has 0 heterocycles. The molecule has 0 aromatic heterocycles. The van der Waals surface area contributed by atoms with E-state index in [1.807, 2.05) is 0 Å². The number of rotatable bonds is 1. The summed E-state index contributed by atoms with van der Waals surface area (Å²) in [5.41, 5.74) is 5.59. The summed E-state index contributed by atoms with van der Waals surface area (Å²) in [6.07, 6.45) is 3.85. The second kappa shape index (κ2) is 3.15. The molecular formula is C8H15NO. The molecule has 1 fully saturated rings. The number of nitrogens with two attached hydrogens (primary N) is 1. The quantitative estimate of drug-likeness (QED) is 0.594. The van der Waals surface area contributed by atoms with Crippen LogP contribution >= 0.6 is 0 Å². The van der Waals surface area contributed by atoms with E-state index in [1.165, 1.54) is 6.42 Å². The number of hydrogen-bond acceptors (Lipinski definition) is 2. The van der Waals surface area contributed by atoms with Gasteiger partial charge in [-0.3, -0.25) is 4.79 Å². The molecule has 1 aliphatic carbocycles. The Balaban J connectivity index is 2.40. The fourth-order valence-corrected chi connectivity index (χ4v) is 1.51. The van der Waals surface area contributed by atoms with Crippen molar-refractivity contribution in [3.63, 3.8) is 0 Å². The summed E-state index contributed by atoms with van der Waals surface area (Å²) in [5, 5.41) is 0. The molecule has 0 unspecified atom stereocenters. The van der Waals surface area contributed by atoms with Gasteiger partial charge in [-0.05, 0) is 18.8 Å². The summed E-state index contributed by atoms with van der Waals surface area (Å²) in [4.78, 5) is 10.9. The number of carbonyl (C=O) groups is 1. The molecule has 58 valence electrons. The second-order valence-electron chi connectivity index (χ2n) is 3.12. The van der Waals surface area contributed by atoms with Crippen molar-refractivity contribution in [1.29, 1.82) is 0 Å². The van der Waals surface area contributed by atoms with Crippen LogP contribution in [-0.2, 0) is 4.79 Å². The Labute approximate surface area is 61.8 Å². The summed E-state index contributed by atoms with van der Waals surface area (Å²) in [6, 6.07) is -0.154. The van der Waals surface area contributed by atoms with E-state index in [0.717, 1.165) is 12.8 Å². The topological polar surface area (TPSA) is 43.1 Å². The first kappa shape index (κ1) is 7.73. The van der Waals surface area contributed by atoms with Gasteiger partial charge in [0.2, 0.25) is 0 Å². The third-order valence-corrected chi connectivity index (χ3v) is 2.38. The van der Waals surface area contributed by atoms with Gasteiger partial charge in [0.05, 0.1) is 6.04 Å². The van der Waals surface area contributed by atoms with E-state index in [1.54, 1.807) is 0 Å². The van der Waals surface area contributed by atoms with Gasteiger partial charge in [0.15, 0.2) is 0 Å². The Kier molecular flexibility index (Phi) is 2.44. The van der Waals surface area contributed by atoms with Crippen molar-refractivity contribution in [2.24, 2.45) is 11.7 Å². The van der Waals surface area contributed by atoms with E-state index in [-0.39, 0.29) is 11.8 Å². The largest absolute Gasteiger partial charge is 0.322 e. The van der Waals surface area contributed by atoms with Crippen LogP contribution in [0.15, 0.2) is 0 Å². The highest BCUT2D eigenvalue weighted by atomic mass is 16.1. The molecule has 1 rings (SSSR count). The minimum atomic E-state index is -0.154. The molecular weight excluding hydrogens is 126 g/mol. The predicted octanol–water partition coefficient (Wildman–Crippen LogP) is 1.09. The van der Waals surface area contributed by atoms with Crippen LogP contribution in [0.25, 0.3) is 0 Å². The standard InChI is InChI=1S/C8H15NO/c1-2-6-3-4-8(10)7(9)5-6/h6-7H,2-5,9H2,1H3/t6-,7+/m1/s1. The molecule has 1 aliphatic rings. The van der Waals surface area contributed by atoms with Gasteiger partial charge >= 0.3 is 0 Å². The Morgan fingerprint density at radius 1 is 1.70 bits per heavy atom. The molecule has 10 heavy (non-hydrogen) atoms. The van der Waals surface area contributed by atoms with Crippen LogP contribution in [-0.4, -0.2) is 11.8 Å². The summed E-state index contributed by atoms with van der Waals surface area (Å²) in [7, 11) is 0.